The van der Waals surface area contributed by atoms with Crippen molar-refractivity contribution in [3.8, 4) is 28.8 Å². The third-order valence-corrected chi connectivity index (χ3v) is 4.64. The zero-order valence-corrected chi connectivity index (χ0v) is 16.0. The number of ether oxygens (including phenoxy) is 1. The molecular weight excluding hydrogens is 385 g/mol. The molecule has 0 bridgehead atoms. The molecule has 5 rings (SSSR count). The average Bonchev–Trinajstić information content (AvgIpc) is 3.38. The first-order chi connectivity index (χ1) is 14.7. The lowest BCUT2D eigenvalue weighted by Crippen LogP contribution is -2.04. The summed E-state index contributed by atoms with van der Waals surface area (Å²) in [4.78, 5) is 20.9. The van der Waals surface area contributed by atoms with E-state index >= 15 is 0 Å². The molecule has 0 saturated heterocycles. The van der Waals surface area contributed by atoms with Crippen LogP contribution in [0.1, 0.15) is 5.56 Å². The van der Waals surface area contributed by atoms with E-state index in [1.165, 1.54) is 25.4 Å². The Morgan fingerprint density at radius 3 is 2.83 bits per heavy atom. The number of nitrogens with one attached hydrogen (secondary N) is 1. The number of H-pyrrole nitrogens is 1. The van der Waals surface area contributed by atoms with Crippen LogP contribution in [0.4, 0.5) is 4.39 Å². The molecule has 0 spiro atoms. The van der Waals surface area contributed by atoms with Gasteiger partial charge >= 0.3 is 0 Å². The van der Waals surface area contributed by atoms with Crippen LogP contribution >= 0.6 is 0 Å². The van der Waals surface area contributed by atoms with Crippen molar-refractivity contribution in [3.63, 3.8) is 0 Å². The monoisotopic (exact) mass is 401 g/mol. The molecule has 1 aromatic carbocycles. The van der Waals surface area contributed by atoms with E-state index in [9.17, 15) is 4.39 Å². The molecule has 0 aliphatic rings. The first kappa shape index (κ1) is 17.9. The van der Waals surface area contributed by atoms with Gasteiger partial charge in [-0.1, -0.05) is 12.1 Å². The first-order valence-electron chi connectivity index (χ1n) is 9.19. The Kier molecular flexibility index (Phi) is 4.40. The summed E-state index contributed by atoms with van der Waals surface area (Å²) in [5.41, 5.74) is 3.72. The zero-order chi connectivity index (χ0) is 20.5. The van der Waals surface area contributed by atoms with Crippen molar-refractivity contribution < 1.29 is 9.13 Å². The maximum absolute atomic E-state index is 13.7. The molecule has 30 heavy (non-hydrogen) atoms. The van der Waals surface area contributed by atoms with E-state index in [1.54, 1.807) is 23.1 Å². The van der Waals surface area contributed by atoms with Crippen LogP contribution in [0.25, 0.3) is 33.9 Å². The highest BCUT2D eigenvalue weighted by molar-refractivity contribution is 5.90. The Hall–Kier alpha value is -4.14. The number of hydrogen-bond donors (Lipinski definition) is 1. The number of aromatic amines is 1. The second-order valence-corrected chi connectivity index (χ2v) is 6.59. The Bertz CT molecular complexity index is 1330. The fourth-order valence-corrected chi connectivity index (χ4v) is 3.23. The number of fused-ring (bicyclic) bond motifs is 1. The number of aromatic nitrogens is 7. The number of hydrogen-bond acceptors (Lipinski definition) is 6. The molecule has 1 N–H and O–H groups in total. The number of nitrogens with zero attached hydrogens (tertiary/aromatic N) is 6. The van der Waals surface area contributed by atoms with Crippen molar-refractivity contribution in [2.45, 2.75) is 6.54 Å². The van der Waals surface area contributed by atoms with Crippen molar-refractivity contribution in [1.82, 2.24) is 34.7 Å². The van der Waals surface area contributed by atoms with Crippen molar-refractivity contribution in [2.24, 2.45) is 0 Å². The Morgan fingerprint density at radius 2 is 2.03 bits per heavy atom. The van der Waals surface area contributed by atoms with Crippen LogP contribution in [0, 0.1) is 5.82 Å². The second kappa shape index (κ2) is 7.36. The van der Waals surface area contributed by atoms with Crippen molar-refractivity contribution in [3.05, 3.63) is 72.6 Å². The van der Waals surface area contributed by atoms with Crippen LogP contribution in [0.15, 0.2) is 61.2 Å². The quantitative estimate of drug-likeness (QED) is 0.485. The summed E-state index contributed by atoms with van der Waals surface area (Å²) < 4.78 is 20.5. The summed E-state index contributed by atoms with van der Waals surface area (Å²) in [6.07, 6.45) is 6.63. The van der Waals surface area contributed by atoms with E-state index in [0.29, 0.717) is 29.8 Å². The van der Waals surface area contributed by atoms with Gasteiger partial charge in [0.1, 0.15) is 11.5 Å². The Labute approximate surface area is 170 Å². The predicted molar refractivity (Wildman–Crippen MR) is 108 cm³/mol. The summed E-state index contributed by atoms with van der Waals surface area (Å²) >= 11 is 0. The van der Waals surface area contributed by atoms with Crippen molar-refractivity contribution in [1.29, 1.82) is 0 Å². The molecule has 5 aromatic rings. The van der Waals surface area contributed by atoms with E-state index in [2.05, 4.69) is 25.0 Å². The summed E-state index contributed by atoms with van der Waals surface area (Å²) in [6, 6.07) is 10.2. The van der Waals surface area contributed by atoms with Crippen molar-refractivity contribution in [2.75, 3.05) is 7.11 Å². The highest BCUT2D eigenvalue weighted by Gasteiger charge is 2.19. The SMILES string of the molecule is COc1cnc(-c2nc(-c3c[nH]c4cccnc34)n(Cc3cccc(F)c3)n2)cn1. The maximum Gasteiger partial charge on any atom is 0.232 e. The lowest BCUT2D eigenvalue weighted by Gasteiger charge is -2.05. The normalized spacial score (nSPS) is 11.1. The largest absolute Gasteiger partial charge is 0.480 e. The summed E-state index contributed by atoms with van der Waals surface area (Å²) in [5.74, 6) is 1.10. The highest BCUT2D eigenvalue weighted by Crippen LogP contribution is 2.28. The highest BCUT2D eigenvalue weighted by atomic mass is 19.1. The van der Waals surface area contributed by atoms with E-state index < -0.39 is 0 Å². The van der Waals surface area contributed by atoms with Crippen LogP contribution < -0.4 is 4.74 Å². The zero-order valence-electron chi connectivity index (χ0n) is 16.0. The molecule has 0 aliphatic carbocycles. The number of pyridine rings is 1. The van der Waals surface area contributed by atoms with Gasteiger partial charge in [0.15, 0.2) is 5.82 Å². The van der Waals surface area contributed by atoms with Crippen LogP contribution in [-0.2, 0) is 6.54 Å². The van der Waals surface area contributed by atoms with Gasteiger partial charge in [-0.05, 0) is 29.8 Å². The van der Waals surface area contributed by atoms with Crippen LogP contribution in [0.5, 0.6) is 5.88 Å². The lowest BCUT2D eigenvalue weighted by molar-refractivity contribution is 0.396. The number of halogens is 1. The average molecular weight is 401 g/mol. The van der Waals surface area contributed by atoms with Gasteiger partial charge in [-0.2, -0.15) is 0 Å². The van der Waals surface area contributed by atoms with Gasteiger partial charge < -0.3 is 9.72 Å². The number of methoxy groups -OCH3 is 1. The van der Waals surface area contributed by atoms with E-state index in [-0.39, 0.29) is 5.82 Å². The molecule has 0 aliphatic heterocycles. The van der Waals surface area contributed by atoms with E-state index in [0.717, 1.165) is 22.2 Å². The smallest absolute Gasteiger partial charge is 0.232 e. The Balaban J connectivity index is 1.64. The van der Waals surface area contributed by atoms with Gasteiger partial charge in [0.2, 0.25) is 11.7 Å². The van der Waals surface area contributed by atoms with E-state index in [1.807, 2.05) is 24.4 Å². The summed E-state index contributed by atoms with van der Waals surface area (Å²) in [7, 11) is 1.53. The van der Waals surface area contributed by atoms with Gasteiger partial charge in [-0.3, -0.25) is 4.98 Å². The second-order valence-electron chi connectivity index (χ2n) is 6.59. The molecule has 0 fully saturated rings. The van der Waals surface area contributed by atoms with Crippen LogP contribution in [0.2, 0.25) is 0 Å². The fraction of sp³-hybridized carbons (Fsp3) is 0.0952. The molecule has 4 heterocycles. The topological polar surface area (TPSA) is 94.4 Å². The van der Waals surface area contributed by atoms with Crippen molar-refractivity contribution >= 4 is 11.0 Å². The van der Waals surface area contributed by atoms with Crippen LogP contribution in [-0.4, -0.2) is 41.8 Å². The molecule has 0 amide bonds. The van der Waals surface area contributed by atoms with Gasteiger partial charge in [0, 0.05) is 12.4 Å². The first-order valence-corrected chi connectivity index (χ1v) is 9.19. The summed E-state index contributed by atoms with van der Waals surface area (Å²) in [5, 5.41) is 4.62. The fourth-order valence-electron chi connectivity index (χ4n) is 3.23. The predicted octanol–water partition coefficient (Wildman–Crippen LogP) is 3.47. The summed E-state index contributed by atoms with van der Waals surface area (Å²) in [6.45, 7) is 0.336. The molecule has 0 atom stereocenters. The third kappa shape index (κ3) is 3.26. The number of benzene rings is 1. The molecular formula is C21H16FN7O. The molecule has 9 heteroatoms. The lowest BCUT2D eigenvalue weighted by atomic mass is 10.2. The van der Waals surface area contributed by atoms with E-state index in [4.69, 9.17) is 9.72 Å². The van der Waals surface area contributed by atoms with Gasteiger partial charge in [-0.25, -0.2) is 24.0 Å². The standard InChI is InChI=1S/C21H16FN7O/c1-30-18-11-25-17(10-26-18)20-27-21(15-9-24-16-6-3-7-23-19(15)16)29(28-20)12-13-4-2-5-14(22)8-13/h2-11,24H,12H2,1H3. The van der Waals surface area contributed by atoms with Gasteiger partial charge in [0.05, 0.1) is 42.6 Å². The molecule has 4 aromatic heterocycles. The minimum atomic E-state index is -0.302. The van der Waals surface area contributed by atoms with Crippen LogP contribution in [0.3, 0.4) is 0 Å². The van der Waals surface area contributed by atoms with Gasteiger partial charge in [0.25, 0.3) is 0 Å². The Morgan fingerprint density at radius 1 is 1.10 bits per heavy atom. The minimum Gasteiger partial charge on any atom is -0.480 e. The molecule has 0 saturated carbocycles. The number of rotatable bonds is 5. The molecule has 0 radical (unpaired) electrons. The maximum atomic E-state index is 13.7. The molecule has 148 valence electrons. The third-order valence-electron chi connectivity index (χ3n) is 4.64. The molecule has 0 unspecified atom stereocenters. The minimum absolute atomic E-state index is 0.302. The van der Waals surface area contributed by atoms with Gasteiger partial charge in [-0.15, -0.1) is 5.10 Å². The molecule has 8 nitrogen and oxygen atoms in total.